The summed E-state index contributed by atoms with van der Waals surface area (Å²) in [7, 11) is 0. The second-order valence-electron chi connectivity index (χ2n) is 6.94. The van der Waals surface area contributed by atoms with Crippen LogP contribution in [-0.2, 0) is 10.3 Å². The molecule has 0 unspecified atom stereocenters. The molecule has 0 atom stereocenters. The second kappa shape index (κ2) is 6.61. The standard InChI is InChI=1S/C18H25N5O/c1-15-5-7-16(8-6-15)23-17(19-20-21-23)18(9-3-2-4-10-18)22-11-13-24-14-12-22/h5-8H,2-4,9-14H2,1H3. The fourth-order valence-corrected chi connectivity index (χ4v) is 4.15. The van der Waals surface area contributed by atoms with Gasteiger partial charge in [0.25, 0.3) is 0 Å². The van der Waals surface area contributed by atoms with Crippen LogP contribution in [0.4, 0.5) is 0 Å². The summed E-state index contributed by atoms with van der Waals surface area (Å²) in [5.74, 6) is 0.993. The summed E-state index contributed by atoms with van der Waals surface area (Å²) in [6.07, 6.45) is 6.02. The molecule has 0 N–H and O–H groups in total. The lowest BCUT2D eigenvalue weighted by Gasteiger charge is -2.46. The van der Waals surface area contributed by atoms with Crippen molar-refractivity contribution in [3.63, 3.8) is 0 Å². The summed E-state index contributed by atoms with van der Waals surface area (Å²) in [6, 6.07) is 8.43. The number of nitrogens with zero attached hydrogens (tertiary/aromatic N) is 5. The molecule has 0 bridgehead atoms. The smallest absolute Gasteiger partial charge is 0.176 e. The minimum atomic E-state index is -0.0591. The normalized spacial score (nSPS) is 21.7. The Balaban J connectivity index is 1.76. The third kappa shape index (κ3) is 2.74. The van der Waals surface area contributed by atoms with Crippen molar-refractivity contribution >= 4 is 0 Å². The summed E-state index contributed by atoms with van der Waals surface area (Å²) in [5, 5.41) is 12.9. The third-order valence-electron chi connectivity index (χ3n) is 5.46. The van der Waals surface area contributed by atoms with Gasteiger partial charge in [-0.15, -0.1) is 5.10 Å². The van der Waals surface area contributed by atoms with Crippen LogP contribution in [0.15, 0.2) is 24.3 Å². The molecule has 1 saturated carbocycles. The Morgan fingerprint density at radius 3 is 2.42 bits per heavy atom. The Bertz CT molecular complexity index is 669. The van der Waals surface area contributed by atoms with E-state index in [9.17, 15) is 0 Å². The first-order valence-electron chi connectivity index (χ1n) is 8.98. The zero-order valence-electron chi connectivity index (χ0n) is 14.3. The van der Waals surface area contributed by atoms with Gasteiger partial charge in [0.05, 0.1) is 24.4 Å². The molecule has 0 amide bonds. The minimum Gasteiger partial charge on any atom is -0.379 e. The van der Waals surface area contributed by atoms with Crippen LogP contribution in [-0.4, -0.2) is 51.4 Å². The number of tetrazole rings is 1. The highest BCUT2D eigenvalue weighted by atomic mass is 16.5. The predicted octanol–water partition coefficient (Wildman–Crippen LogP) is 2.46. The van der Waals surface area contributed by atoms with Gasteiger partial charge in [0.1, 0.15) is 0 Å². The van der Waals surface area contributed by atoms with E-state index in [1.54, 1.807) is 0 Å². The van der Waals surface area contributed by atoms with Gasteiger partial charge in [0, 0.05) is 13.1 Å². The number of morpholine rings is 1. The number of hydrogen-bond acceptors (Lipinski definition) is 5. The summed E-state index contributed by atoms with van der Waals surface area (Å²) in [6.45, 7) is 5.61. The maximum atomic E-state index is 5.58. The number of benzene rings is 1. The lowest BCUT2D eigenvalue weighted by Crippen LogP contribution is -2.53. The topological polar surface area (TPSA) is 56.1 Å². The molecule has 0 spiro atoms. The molecule has 128 valence electrons. The zero-order valence-corrected chi connectivity index (χ0v) is 14.3. The van der Waals surface area contributed by atoms with Crippen LogP contribution >= 0.6 is 0 Å². The molecule has 6 nitrogen and oxygen atoms in total. The van der Waals surface area contributed by atoms with E-state index in [1.807, 2.05) is 4.68 Å². The molecule has 2 aliphatic rings. The van der Waals surface area contributed by atoms with E-state index >= 15 is 0 Å². The van der Waals surface area contributed by atoms with Crippen LogP contribution < -0.4 is 0 Å². The van der Waals surface area contributed by atoms with Crippen LogP contribution in [0.1, 0.15) is 43.5 Å². The van der Waals surface area contributed by atoms with Crippen molar-refractivity contribution in [1.82, 2.24) is 25.1 Å². The first-order chi connectivity index (χ1) is 11.8. The Morgan fingerprint density at radius 1 is 1.00 bits per heavy atom. The molecule has 0 radical (unpaired) electrons. The van der Waals surface area contributed by atoms with Crippen molar-refractivity contribution in [2.24, 2.45) is 0 Å². The van der Waals surface area contributed by atoms with E-state index in [-0.39, 0.29) is 5.54 Å². The number of aryl methyl sites for hydroxylation is 1. The Kier molecular flexibility index (Phi) is 4.33. The van der Waals surface area contributed by atoms with Crippen LogP contribution in [0.3, 0.4) is 0 Å². The molecule has 4 rings (SSSR count). The first kappa shape index (κ1) is 15.7. The van der Waals surface area contributed by atoms with Crippen LogP contribution in [0.5, 0.6) is 0 Å². The molecule has 1 saturated heterocycles. The van der Waals surface area contributed by atoms with Gasteiger partial charge in [-0.3, -0.25) is 4.90 Å². The molecule has 1 aliphatic heterocycles. The number of aromatic nitrogens is 4. The van der Waals surface area contributed by atoms with Crippen molar-refractivity contribution < 1.29 is 4.74 Å². The average Bonchev–Trinajstić information content (AvgIpc) is 3.14. The minimum absolute atomic E-state index is 0.0591. The van der Waals surface area contributed by atoms with E-state index in [1.165, 1.54) is 24.8 Å². The monoisotopic (exact) mass is 327 g/mol. The first-order valence-corrected chi connectivity index (χ1v) is 8.98. The summed E-state index contributed by atoms with van der Waals surface area (Å²) in [5.41, 5.74) is 2.23. The highest BCUT2D eigenvalue weighted by molar-refractivity contribution is 5.35. The summed E-state index contributed by atoms with van der Waals surface area (Å²) < 4.78 is 7.53. The highest BCUT2D eigenvalue weighted by Crippen LogP contribution is 2.42. The molecule has 1 aromatic carbocycles. The van der Waals surface area contributed by atoms with Crippen LogP contribution in [0.2, 0.25) is 0 Å². The van der Waals surface area contributed by atoms with Crippen molar-refractivity contribution in [3.8, 4) is 5.69 Å². The molecule has 24 heavy (non-hydrogen) atoms. The van der Waals surface area contributed by atoms with Gasteiger partial charge in [0.2, 0.25) is 0 Å². The average molecular weight is 327 g/mol. The van der Waals surface area contributed by atoms with Gasteiger partial charge < -0.3 is 4.74 Å². The maximum absolute atomic E-state index is 5.58. The Hall–Kier alpha value is -1.79. The zero-order chi connectivity index (χ0) is 16.4. The molecule has 1 aliphatic carbocycles. The van der Waals surface area contributed by atoms with Crippen molar-refractivity contribution in [3.05, 3.63) is 35.7 Å². The fourth-order valence-electron chi connectivity index (χ4n) is 4.15. The Morgan fingerprint density at radius 2 is 1.71 bits per heavy atom. The van der Waals surface area contributed by atoms with E-state index in [4.69, 9.17) is 4.74 Å². The quantitative estimate of drug-likeness (QED) is 0.867. The van der Waals surface area contributed by atoms with E-state index in [2.05, 4.69) is 51.6 Å². The highest BCUT2D eigenvalue weighted by Gasteiger charge is 2.44. The molecule has 2 aromatic rings. The lowest BCUT2D eigenvalue weighted by molar-refractivity contribution is -0.0451. The van der Waals surface area contributed by atoms with Gasteiger partial charge in [-0.1, -0.05) is 37.0 Å². The lowest BCUT2D eigenvalue weighted by atomic mass is 9.79. The van der Waals surface area contributed by atoms with Gasteiger partial charge in [-0.25, -0.2) is 0 Å². The number of hydrogen-bond donors (Lipinski definition) is 0. The van der Waals surface area contributed by atoms with Gasteiger partial charge in [-0.2, -0.15) is 4.68 Å². The fraction of sp³-hybridized carbons (Fsp3) is 0.611. The van der Waals surface area contributed by atoms with E-state index < -0.39 is 0 Å². The number of rotatable bonds is 3. The van der Waals surface area contributed by atoms with Crippen molar-refractivity contribution in [2.45, 2.75) is 44.6 Å². The van der Waals surface area contributed by atoms with E-state index in [0.29, 0.717) is 0 Å². The van der Waals surface area contributed by atoms with Crippen LogP contribution in [0, 0.1) is 6.92 Å². The van der Waals surface area contributed by atoms with Crippen molar-refractivity contribution in [1.29, 1.82) is 0 Å². The van der Waals surface area contributed by atoms with Gasteiger partial charge >= 0.3 is 0 Å². The van der Waals surface area contributed by atoms with Gasteiger partial charge in [0.15, 0.2) is 5.82 Å². The molecular formula is C18H25N5O. The Labute approximate surface area is 142 Å². The summed E-state index contributed by atoms with van der Waals surface area (Å²) in [4.78, 5) is 2.56. The largest absolute Gasteiger partial charge is 0.379 e. The second-order valence-corrected chi connectivity index (χ2v) is 6.94. The van der Waals surface area contributed by atoms with Gasteiger partial charge in [-0.05, 0) is 42.3 Å². The molecule has 1 aromatic heterocycles. The third-order valence-corrected chi connectivity index (χ3v) is 5.46. The molecule has 2 heterocycles. The molecule has 2 fully saturated rings. The predicted molar refractivity (Wildman–Crippen MR) is 91.0 cm³/mol. The SMILES string of the molecule is Cc1ccc(-n2nnnc2C2(N3CCOCC3)CCCCC2)cc1. The van der Waals surface area contributed by atoms with Crippen molar-refractivity contribution in [2.75, 3.05) is 26.3 Å². The van der Waals surface area contributed by atoms with E-state index in [0.717, 1.165) is 50.7 Å². The number of ether oxygens (including phenoxy) is 1. The van der Waals surface area contributed by atoms with Crippen LogP contribution in [0.25, 0.3) is 5.69 Å². The maximum Gasteiger partial charge on any atom is 0.176 e. The molecule has 6 heteroatoms. The summed E-state index contributed by atoms with van der Waals surface area (Å²) >= 11 is 0. The molecular weight excluding hydrogens is 302 g/mol.